The quantitative estimate of drug-likeness (QED) is 0.183. The highest BCUT2D eigenvalue weighted by atomic mass is 15.2. The van der Waals surface area contributed by atoms with Crippen LogP contribution in [0.2, 0.25) is 0 Å². The molecule has 0 radical (unpaired) electrons. The molecule has 0 spiro atoms. The molecule has 0 bridgehead atoms. The van der Waals surface area contributed by atoms with Crippen molar-refractivity contribution >= 4 is 51.2 Å². The van der Waals surface area contributed by atoms with Crippen LogP contribution in [0, 0.1) is 0 Å². The standard InChI is InChI=1S/C48H37N3/c1-48(2)40-28-14-12-26-38(40)47-46(48)44-39-27-13-15-29-41(39)50(42-30-17-31-43(45(42)44)51(47)35-22-10-5-11-23-35)37-25-16-24-36(32-37)49(33-18-6-3-7-19-33)34-20-8-4-9-21-34/h3-32,44H,1-2H3. The van der Waals surface area contributed by atoms with E-state index >= 15 is 0 Å². The summed E-state index contributed by atoms with van der Waals surface area (Å²) >= 11 is 0. The van der Waals surface area contributed by atoms with E-state index in [1.54, 1.807) is 0 Å². The first-order chi connectivity index (χ1) is 25.1. The summed E-state index contributed by atoms with van der Waals surface area (Å²) in [5.41, 5.74) is 17.4. The Balaban J connectivity index is 1.22. The molecule has 1 unspecified atom stereocenters. The smallest absolute Gasteiger partial charge is 0.0547 e. The van der Waals surface area contributed by atoms with E-state index in [1.807, 2.05) is 0 Å². The third-order valence-electron chi connectivity index (χ3n) is 11.0. The molecule has 3 nitrogen and oxygen atoms in total. The van der Waals surface area contributed by atoms with Gasteiger partial charge in [-0.25, -0.2) is 0 Å². The van der Waals surface area contributed by atoms with Gasteiger partial charge in [-0.3, -0.25) is 0 Å². The van der Waals surface area contributed by atoms with Crippen LogP contribution in [0.25, 0.3) is 5.70 Å². The molecule has 51 heavy (non-hydrogen) atoms. The van der Waals surface area contributed by atoms with E-state index in [1.165, 1.54) is 56.3 Å². The van der Waals surface area contributed by atoms with Gasteiger partial charge in [0.2, 0.25) is 0 Å². The average molecular weight is 656 g/mol. The molecule has 7 aromatic carbocycles. The first-order valence-corrected chi connectivity index (χ1v) is 17.8. The molecule has 0 saturated carbocycles. The topological polar surface area (TPSA) is 9.72 Å². The number of benzene rings is 7. The fraction of sp³-hybridized carbons (Fsp3) is 0.0833. The van der Waals surface area contributed by atoms with Crippen LogP contribution in [0.3, 0.4) is 0 Å². The zero-order valence-corrected chi connectivity index (χ0v) is 28.7. The Bertz CT molecular complexity index is 2430. The third-order valence-corrected chi connectivity index (χ3v) is 11.0. The van der Waals surface area contributed by atoms with Gasteiger partial charge in [-0.05, 0) is 89.5 Å². The lowest BCUT2D eigenvalue weighted by Crippen LogP contribution is -2.34. The summed E-state index contributed by atoms with van der Waals surface area (Å²) < 4.78 is 0. The number of nitrogens with zero attached hydrogens (tertiary/aromatic N) is 3. The Labute approximate surface area is 300 Å². The van der Waals surface area contributed by atoms with E-state index in [9.17, 15) is 0 Å². The van der Waals surface area contributed by atoms with Gasteiger partial charge in [0.15, 0.2) is 0 Å². The Morgan fingerprint density at radius 1 is 0.471 bits per heavy atom. The number of allylic oxidation sites excluding steroid dienone is 1. The van der Waals surface area contributed by atoms with Gasteiger partial charge in [0.25, 0.3) is 0 Å². The normalized spacial score (nSPS) is 16.2. The van der Waals surface area contributed by atoms with Gasteiger partial charge in [-0.1, -0.05) is 123 Å². The van der Waals surface area contributed by atoms with Crippen molar-refractivity contribution in [3.63, 3.8) is 0 Å². The van der Waals surface area contributed by atoms with E-state index in [4.69, 9.17) is 0 Å². The van der Waals surface area contributed by atoms with E-state index in [-0.39, 0.29) is 11.3 Å². The molecule has 3 heteroatoms. The summed E-state index contributed by atoms with van der Waals surface area (Å²) in [6.07, 6.45) is 0. The largest absolute Gasteiger partial charge is 0.310 e. The van der Waals surface area contributed by atoms with Crippen molar-refractivity contribution < 1.29 is 0 Å². The average Bonchev–Trinajstić information content (AvgIpc) is 3.42. The highest BCUT2D eigenvalue weighted by molar-refractivity contribution is 6.03. The maximum atomic E-state index is 2.54. The fourth-order valence-corrected chi connectivity index (χ4v) is 8.92. The van der Waals surface area contributed by atoms with Crippen molar-refractivity contribution in [3.8, 4) is 0 Å². The van der Waals surface area contributed by atoms with Crippen molar-refractivity contribution in [2.45, 2.75) is 25.2 Å². The fourth-order valence-electron chi connectivity index (χ4n) is 8.92. The second-order valence-electron chi connectivity index (χ2n) is 14.2. The van der Waals surface area contributed by atoms with Crippen LogP contribution < -0.4 is 14.7 Å². The number of hydrogen-bond acceptors (Lipinski definition) is 3. The summed E-state index contributed by atoms with van der Waals surface area (Å²) in [4.78, 5) is 7.37. The minimum atomic E-state index is -0.171. The van der Waals surface area contributed by atoms with Gasteiger partial charge in [0.05, 0.1) is 22.8 Å². The molecule has 2 aliphatic heterocycles. The summed E-state index contributed by atoms with van der Waals surface area (Å²) in [6.45, 7) is 4.84. The van der Waals surface area contributed by atoms with E-state index in [2.05, 4.69) is 211 Å². The zero-order chi connectivity index (χ0) is 34.1. The summed E-state index contributed by atoms with van der Waals surface area (Å²) in [5, 5.41) is 0. The maximum Gasteiger partial charge on any atom is 0.0547 e. The van der Waals surface area contributed by atoms with Gasteiger partial charge in [0, 0.05) is 50.9 Å². The van der Waals surface area contributed by atoms with Gasteiger partial charge in [-0.2, -0.15) is 0 Å². The Morgan fingerprint density at radius 3 is 1.73 bits per heavy atom. The van der Waals surface area contributed by atoms with Gasteiger partial charge in [0.1, 0.15) is 0 Å². The molecular formula is C48H37N3. The molecule has 0 amide bonds. The lowest BCUT2D eigenvalue weighted by Gasteiger charge is -2.47. The first kappa shape index (κ1) is 29.6. The van der Waals surface area contributed by atoms with Gasteiger partial charge in [-0.15, -0.1) is 0 Å². The summed E-state index contributed by atoms with van der Waals surface area (Å²) in [6, 6.07) is 66.2. The Morgan fingerprint density at radius 2 is 1.00 bits per heavy atom. The number of anilines is 8. The van der Waals surface area contributed by atoms with Gasteiger partial charge >= 0.3 is 0 Å². The third kappa shape index (κ3) is 4.38. The van der Waals surface area contributed by atoms with E-state index in [0.29, 0.717) is 0 Å². The molecule has 3 aliphatic rings. The van der Waals surface area contributed by atoms with Gasteiger partial charge < -0.3 is 14.7 Å². The zero-order valence-electron chi connectivity index (χ0n) is 28.7. The summed E-state index contributed by atoms with van der Waals surface area (Å²) in [7, 11) is 0. The molecule has 1 atom stereocenters. The van der Waals surface area contributed by atoms with E-state index < -0.39 is 0 Å². The van der Waals surface area contributed by atoms with Crippen molar-refractivity contribution in [2.75, 3.05) is 14.7 Å². The SMILES string of the molecule is CC1(C)C2=C(c3ccccc31)N(c1ccccc1)c1cccc3c1C2c1ccccc1N3c1cccc(N(c2ccccc2)c2ccccc2)c1. The maximum absolute atomic E-state index is 2.54. The van der Waals surface area contributed by atoms with Crippen LogP contribution in [-0.2, 0) is 5.41 Å². The lowest BCUT2D eigenvalue weighted by molar-refractivity contribution is 0.595. The second kappa shape index (κ2) is 11.4. The van der Waals surface area contributed by atoms with Crippen LogP contribution in [0.5, 0.6) is 0 Å². The Hall–Kier alpha value is -6.32. The molecule has 1 aliphatic carbocycles. The minimum Gasteiger partial charge on any atom is -0.310 e. The minimum absolute atomic E-state index is 0.106. The van der Waals surface area contributed by atoms with Crippen LogP contribution in [0.15, 0.2) is 188 Å². The highest BCUT2D eigenvalue weighted by Crippen LogP contribution is 2.65. The highest BCUT2D eigenvalue weighted by Gasteiger charge is 2.51. The lowest BCUT2D eigenvalue weighted by atomic mass is 9.68. The predicted octanol–water partition coefficient (Wildman–Crippen LogP) is 12.9. The van der Waals surface area contributed by atoms with Crippen molar-refractivity contribution in [1.29, 1.82) is 0 Å². The second-order valence-corrected chi connectivity index (χ2v) is 14.2. The molecule has 0 saturated heterocycles. The molecule has 10 rings (SSSR count). The van der Waals surface area contributed by atoms with E-state index in [0.717, 1.165) is 22.7 Å². The molecule has 2 heterocycles. The van der Waals surface area contributed by atoms with Crippen molar-refractivity contribution in [1.82, 2.24) is 0 Å². The summed E-state index contributed by atoms with van der Waals surface area (Å²) in [5.74, 6) is 0.106. The number of rotatable bonds is 5. The number of fused-ring (bicyclic) bond motifs is 5. The van der Waals surface area contributed by atoms with Crippen LogP contribution >= 0.6 is 0 Å². The molecule has 0 N–H and O–H groups in total. The number of hydrogen-bond donors (Lipinski definition) is 0. The molecule has 0 aromatic heterocycles. The van der Waals surface area contributed by atoms with Crippen LogP contribution in [0.1, 0.15) is 42.0 Å². The molecular weight excluding hydrogens is 619 g/mol. The van der Waals surface area contributed by atoms with Crippen molar-refractivity contribution in [3.05, 3.63) is 210 Å². The van der Waals surface area contributed by atoms with Crippen LogP contribution in [-0.4, -0.2) is 0 Å². The molecule has 244 valence electrons. The molecule has 0 fully saturated rings. The Kier molecular flexibility index (Phi) is 6.59. The monoisotopic (exact) mass is 655 g/mol. The van der Waals surface area contributed by atoms with Crippen LogP contribution in [0.4, 0.5) is 45.5 Å². The number of para-hydroxylation sites is 4. The predicted molar refractivity (Wildman–Crippen MR) is 213 cm³/mol. The first-order valence-electron chi connectivity index (χ1n) is 17.8. The molecule has 7 aromatic rings. The van der Waals surface area contributed by atoms with Crippen molar-refractivity contribution in [2.24, 2.45) is 0 Å².